The minimum absolute atomic E-state index is 0.0846. The molecule has 0 bridgehead atoms. The van der Waals surface area contributed by atoms with Crippen molar-refractivity contribution in [1.29, 1.82) is 0 Å². The van der Waals surface area contributed by atoms with E-state index < -0.39 is 5.97 Å². The molecule has 0 aromatic heterocycles. The van der Waals surface area contributed by atoms with Gasteiger partial charge in [-0.3, -0.25) is 4.79 Å². The second kappa shape index (κ2) is 5.74. The Kier molecular flexibility index (Phi) is 4.57. The number of carboxylic acids is 1. The average Bonchev–Trinajstić information content (AvgIpc) is 2.25. The van der Waals surface area contributed by atoms with E-state index in [2.05, 4.69) is 11.8 Å². The molecule has 0 aliphatic rings. The smallest absolute Gasteiger partial charge is 0.382 e. The Hall–Kier alpha value is -1.73. The molecule has 1 rings (SSSR count). The van der Waals surface area contributed by atoms with Crippen molar-refractivity contribution in [2.45, 2.75) is 30.4 Å². The maximum Gasteiger partial charge on any atom is 0.382 e. The first-order valence-corrected chi connectivity index (χ1v) is 6.17. The van der Waals surface area contributed by atoms with Gasteiger partial charge in [-0.2, -0.15) is 0 Å². The molecule has 0 unspecified atom stereocenters. The van der Waals surface area contributed by atoms with Crippen molar-refractivity contribution in [2.75, 3.05) is 0 Å². The van der Waals surface area contributed by atoms with E-state index in [-0.39, 0.29) is 4.75 Å². The van der Waals surface area contributed by atoms with Gasteiger partial charge in [-0.1, -0.05) is 38.8 Å². The molecule has 0 aliphatic carbocycles. The van der Waals surface area contributed by atoms with Gasteiger partial charge in [0.2, 0.25) is 0 Å². The van der Waals surface area contributed by atoms with Gasteiger partial charge in [0.1, 0.15) is 0 Å². The molecule has 0 fully saturated rings. The largest absolute Gasteiger partial charge is 0.472 e. The lowest BCUT2D eigenvalue weighted by Gasteiger charge is -2.19. The van der Waals surface area contributed by atoms with Crippen molar-refractivity contribution in [1.82, 2.24) is 0 Å². The summed E-state index contributed by atoms with van der Waals surface area (Å²) in [6.45, 7) is 6.06. The summed E-state index contributed by atoms with van der Waals surface area (Å²) in [5.74, 6) is 3.48. The number of rotatable bonds is 2. The number of benzene rings is 1. The van der Waals surface area contributed by atoms with Crippen molar-refractivity contribution < 1.29 is 14.7 Å². The minimum Gasteiger partial charge on any atom is -0.472 e. The summed E-state index contributed by atoms with van der Waals surface area (Å²) in [6.07, 6.45) is 0.764. The highest BCUT2D eigenvalue weighted by Crippen LogP contribution is 2.35. The molecule has 0 aliphatic heterocycles. The lowest BCUT2D eigenvalue weighted by molar-refractivity contribution is -0.130. The third-order valence-electron chi connectivity index (χ3n) is 1.88. The number of carbonyl (C=O) groups is 2. The topological polar surface area (TPSA) is 54.4 Å². The van der Waals surface area contributed by atoms with Gasteiger partial charge in [-0.25, -0.2) is 4.79 Å². The van der Waals surface area contributed by atoms with E-state index in [0.29, 0.717) is 11.1 Å². The molecule has 0 saturated heterocycles. The van der Waals surface area contributed by atoms with E-state index in [4.69, 9.17) is 5.11 Å². The molecule has 18 heavy (non-hydrogen) atoms. The van der Waals surface area contributed by atoms with Crippen LogP contribution in [-0.2, 0) is 4.79 Å². The number of aldehydes is 1. The molecule has 1 aromatic rings. The molecule has 1 N–H and O–H groups in total. The summed E-state index contributed by atoms with van der Waals surface area (Å²) in [7, 11) is 0. The number of carbonyl (C=O) groups excluding carboxylic acids is 1. The van der Waals surface area contributed by atoms with Gasteiger partial charge >= 0.3 is 5.97 Å². The summed E-state index contributed by atoms with van der Waals surface area (Å²) in [4.78, 5) is 22.2. The SMILES string of the molecule is CC(C)(C)Sc1c(C#CC(=O)O)cccc1C=O. The van der Waals surface area contributed by atoms with Crippen LogP contribution in [0.25, 0.3) is 0 Å². The molecular weight excluding hydrogens is 248 g/mol. The Morgan fingerprint density at radius 3 is 2.56 bits per heavy atom. The van der Waals surface area contributed by atoms with Gasteiger partial charge in [0.15, 0.2) is 6.29 Å². The van der Waals surface area contributed by atoms with Crippen molar-refractivity contribution >= 4 is 24.0 Å². The number of thioether (sulfide) groups is 1. The first-order valence-electron chi connectivity index (χ1n) is 5.35. The van der Waals surface area contributed by atoms with Gasteiger partial charge in [0.25, 0.3) is 0 Å². The Morgan fingerprint density at radius 1 is 1.39 bits per heavy atom. The van der Waals surface area contributed by atoms with Crippen LogP contribution in [0.1, 0.15) is 36.7 Å². The van der Waals surface area contributed by atoms with Crippen LogP contribution < -0.4 is 0 Å². The van der Waals surface area contributed by atoms with Gasteiger partial charge in [0.05, 0.1) is 0 Å². The van der Waals surface area contributed by atoms with Gasteiger partial charge < -0.3 is 5.11 Å². The average molecular weight is 262 g/mol. The Morgan fingerprint density at radius 2 is 2.06 bits per heavy atom. The molecule has 3 nitrogen and oxygen atoms in total. The lowest BCUT2D eigenvalue weighted by Crippen LogP contribution is -2.08. The van der Waals surface area contributed by atoms with Crippen LogP contribution in [0.15, 0.2) is 23.1 Å². The highest BCUT2D eigenvalue weighted by atomic mass is 32.2. The summed E-state index contributed by atoms with van der Waals surface area (Å²) < 4.78 is -0.0846. The molecule has 0 saturated carbocycles. The van der Waals surface area contributed by atoms with Crippen LogP contribution >= 0.6 is 11.8 Å². The van der Waals surface area contributed by atoms with Crippen molar-refractivity contribution in [2.24, 2.45) is 0 Å². The van der Waals surface area contributed by atoms with E-state index in [0.717, 1.165) is 11.2 Å². The zero-order chi connectivity index (χ0) is 13.8. The molecule has 0 atom stereocenters. The number of aliphatic carboxylic acids is 1. The van der Waals surface area contributed by atoms with E-state index in [9.17, 15) is 9.59 Å². The van der Waals surface area contributed by atoms with Crippen LogP contribution in [0, 0.1) is 11.8 Å². The number of hydrogen-bond donors (Lipinski definition) is 1. The summed E-state index contributed by atoms with van der Waals surface area (Å²) >= 11 is 1.50. The van der Waals surface area contributed by atoms with Gasteiger partial charge in [-0.15, -0.1) is 11.8 Å². The van der Waals surface area contributed by atoms with E-state index in [1.807, 2.05) is 20.8 Å². The number of carboxylic acid groups (broad SMARTS) is 1. The fourth-order valence-electron chi connectivity index (χ4n) is 1.29. The third kappa shape index (κ3) is 4.27. The van der Waals surface area contributed by atoms with Crippen LogP contribution in [-0.4, -0.2) is 22.1 Å². The minimum atomic E-state index is -1.18. The fraction of sp³-hybridized carbons (Fsp3) is 0.286. The summed E-state index contributed by atoms with van der Waals surface area (Å²) in [6, 6.07) is 5.12. The second-order valence-corrected chi connectivity index (χ2v) is 6.45. The second-order valence-electron chi connectivity index (χ2n) is 4.61. The molecule has 94 valence electrons. The standard InChI is InChI=1S/C14H14O3S/c1-14(2,3)18-13-10(7-8-12(16)17)5-4-6-11(13)9-15/h4-6,9H,1-3H3,(H,16,17). The molecule has 0 radical (unpaired) electrons. The monoisotopic (exact) mass is 262 g/mol. The highest BCUT2D eigenvalue weighted by molar-refractivity contribution is 8.00. The Labute approximate surface area is 111 Å². The molecule has 0 spiro atoms. The summed E-state index contributed by atoms with van der Waals surface area (Å²) in [5, 5.41) is 8.57. The molecular formula is C14H14O3S. The maximum atomic E-state index is 11.0. The fourth-order valence-corrected chi connectivity index (χ4v) is 2.36. The highest BCUT2D eigenvalue weighted by Gasteiger charge is 2.17. The first-order chi connectivity index (χ1) is 8.33. The molecule has 0 heterocycles. The third-order valence-corrected chi connectivity index (χ3v) is 3.16. The molecule has 0 amide bonds. The maximum absolute atomic E-state index is 11.0. The van der Waals surface area contributed by atoms with Gasteiger partial charge in [0, 0.05) is 26.7 Å². The Bertz CT molecular complexity index is 530. The van der Waals surface area contributed by atoms with Crippen molar-refractivity contribution in [3.8, 4) is 11.8 Å². The zero-order valence-corrected chi connectivity index (χ0v) is 11.3. The molecule has 4 heteroatoms. The lowest BCUT2D eigenvalue weighted by atomic mass is 10.1. The zero-order valence-electron chi connectivity index (χ0n) is 10.5. The Balaban J connectivity index is 3.30. The quantitative estimate of drug-likeness (QED) is 0.506. The van der Waals surface area contributed by atoms with Crippen molar-refractivity contribution in [3.05, 3.63) is 29.3 Å². The van der Waals surface area contributed by atoms with E-state index in [1.54, 1.807) is 18.2 Å². The number of hydrogen-bond acceptors (Lipinski definition) is 3. The van der Waals surface area contributed by atoms with E-state index >= 15 is 0 Å². The van der Waals surface area contributed by atoms with Crippen LogP contribution in [0.5, 0.6) is 0 Å². The van der Waals surface area contributed by atoms with Crippen LogP contribution in [0.2, 0.25) is 0 Å². The molecule has 1 aromatic carbocycles. The van der Waals surface area contributed by atoms with Crippen LogP contribution in [0.4, 0.5) is 0 Å². The summed E-state index contributed by atoms with van der Waals surface area (Å²) in [5.41, 5.74) is 1.11. The van der Waals surface area contributed by atoms with Gasteiger partial charge in [-0.05, 0) is 6.07 Å². The predicted molar refractivity (Wildman–Crippen MR) is 72.0 cm³/mol. The predicted octanol–water partition coefficient (Wildman–Crippen LogP) is 2.83. The normalized spacial score (nSPS) is 10.4. The van der Waals surface area contributed by atoms with Crippen LogP contribution in [0.3, 0.4) is 0 Å². The van der Waals surface area contributed by atoms with E-state index in [1.165, 1.54) is 11.8 Å². The van der Waals surface area contributed by atoms with Crippen molar-refractivity contribution in [3.63, 3.8) is 0 Å². The first kappa shape index (κ1) is 14.3.